The van der Waals surface area contributed by atoms with Crippen LogP contribution in [0.15, 0.2) is 11.1 Å². The van der Waals surface area contributed by atoms with E-state index in [-0.39, 0.29) is 36.4 Å². The van der Waals surface area contributed by atoms with Crippen LogP contribution in [0.4, 0.5) is 0 Å². The highest BCUT2D eigenvalue weighted by molar-refractivity contribution is 5.98. The van der Waals surface area contributed by atoms with Crippen molar-refractivity contribution in [3.8, 4) is 0 Å². The molecule has 5 heteroatoms. The Morgan fingerprint density at radius 3 is 2.25 bits per heavy atom. The highest BCUT2D eigenvalue weighted by Gasteiger charge is 2.69. The van der Waals surface area contributed by atoms with Gasteiger partial charge >= 0.3 is 0 Å². The Kier molecular flexibility index (Phi) is 2.93. The average molecular weight is 282 g/mol. The molecule has 0 unspecified atom stereocenters. The van der Waals surface area contributed by atoms with Crippen LogP contribution in [0.3, 0.4) is 0 Å². The molecule has 3 rings (SSSR count). The minimum atomic E-state index is -1.73. The average Bonchev–Trinajstić information content (AvgIpc) is 2.59. The molecule has 0 bridgehead atoms. The van der Waals surface area contributed by atoms with E-state index in [0.29, 0.717) is 5.57 Å². The third kappa shape index (κ3) is 1.55. The van der Waals surface area contributed by atoms with Gasteiger partial charge in [0, 0.05) is 11.5 Å². The van der Waals surface area contributed by atoms with Gasteiger partial charge in [-0.2, -0.15) is 0 Å². The Morgan fingerprint density at radius 2 is 1.60 bits per heavy atom. The molecule has 0 aromatic heterocycles. The van der Waals surface area contributed by atoms with Gasteiger partial charge in [0.05, 0.1) is 24.7 Å². The molecule has 0 saturated carbocycles. The summed E-state index contributed by atoms with van der Waals surface area (Å²) in [6, 6.07) is 0. The summed E-state index contributed by atoms with van der Waals surface area (Å²) in [6.07, 6.45) is -0.781. The third-order valence-electron chi connectivity index (χ3n) is 5.00. The van der Waals surface area contributed by atoms with Crippen molar-refractivity contribution >= 4 is 5.78 Å². The van der Waals surface area contributed by atoms with Crippen molar-refractivity contribution in [2.75, 3.05) is 0 Å². The second-order valence-corrected chi connectivity index (χ2v) is 6.30. The van der Waals surface area contributed by atoms with Crippen LogP contribution in [-0.4, -0.2) is 40.8 Å². The molecule has 0 radical (unpaired) electrons. The van der Waals surface area contributed by atoms with Crippen molar-refractivity contribution in [2.24, 2.45) is 5.92 Å². The summed E-state index contributed by atoms with van der Waals surface area (Å²) < 4.78 is 17.8. The fourth-order valence-corrected chi connectivity index (χ4v) is 3.53. The quantitative estimate of drug-likeness (QED) is 0.730. The van der Waals surface area contributed by atoms with Gasteiger partial charge in [0.25, 0.3) is 0 Å². The van der Waals surface area contributed by atoms with E-state index in [1.807, 2.05) is 27.7 Å². The number of aliphatic hydroxyl groups is 1. The molecule has 3 aliphatic rings. The van der Waals surface area contributed by atoms with Gasteiger partial charge in [-0.15, -0.1) is 0 Å². The number of hydrogen-bond donors (Lipinski definition) is 1. The maximum atomic E-state index is 12.2. The lowest BCUT2D eigenvalue weighted by molar-refractivity contribution is -0.437. The smallest absolute Gasteiger partial charge is 0.249 e. The van der Waals surface area contributed by atoms with Crippen molar-refractivity contribution in [2.45, 2.75) is 70.9 Å². The van der Waals surface area contributed by atoms with Crippen molar-refractivity contribution in [3.63, 3.8) is 0 Å². The normalized spacial score (nSPS) is 52.0. The second kappa shape index (κ2) is 4.13. The lowest BCUT2D eigenvalue weighted by atomic mass is 9.76. The van der Waals surface area contributed by atoms with Crippen molar-refractivity contribution in [1.29, 1.82) is 0 Å². The number of hydrogen-bond acceptors (Lipinski definition) is 5. The summed E-state index contributed by atoms with van der Waals surface area (Å²) >= 11 is 0. The van der Waals surface area contributed by atoms with Gasteiger partial charge in [0.1, 0.15) is 0 Å². The lowest BCUT2D eigenvalue weighted by Gasteiger charge is -2.53. The summed E-state index contributed by atoms with van der Waals surface area (Å²) in [4.78, 5) is 12.2. The first-order chi connectivity index (χ1) is 9.22. The first kappa shape index (κ1) is 14.2. The predicted octanol–water partition coefficient (Wildman–Crippen LogP) is 1.54. The van der Waals surface area contributed by atoms with Crippen LogP contribution in [0.2, 0.25) is 0 Å². The minimum absolute atomic E-state index is 0.00924. The molecule has 0 aromatic carbocycles. The van der Waals surface area contributed by atoms with Crippen LogP contribution < -0.4 is 0 Å². The summed E-state index contributed by atoms with van der Waals surface area (Å²) in [6.45, 7) is 9.41. The first-order valence-electron chi connectivity index (χ1n) is 7.22. The van der Waals surface area contributed by atoms with Gasteiger partial charge in [-0.1, -0.05) is 6.92 Å². The SMILES string of the molecule is CC1=C2[C@H](C)[C@@H](C)O[C@]23O[C@H](C)[C@@H](C)O[C@@]3(O)CC1=O. The van der Waals surface area contributed by atoms with Crippen molar-refractivity contribution < 1.29 is 24.1 Å². The van der Waals surface area contributed by atoms with E-state index in [1.54, 1.807) is 6.92 Å². The monoisotopic (exact) mass is 282 g/mol. The van der Waals surface area contributed by atoms with Crippen molar-refractivity contribution in [1.82, 2.24) is 0 Å². The van der Waals surface area contributed by atoms with Crippen LogP contribution in [-0.2, 0) is 19.0 Å². The molecule has 2 fully saturated rings. The summed E-state index contributed by atoms with van der Waals surface area (Å²) in [5, 5.41) is 10.9. The molecule has 2 saturated heterocycles. The van der Waals surface area contributed by atoms with Gasteiger partial charge < -0.3 is 19.3 Å². The fourth-order valence-electron chi connectivity index (χ4n) is 3.53. The zero-order valence-corrected chi connectivity index (χ0v) is 12.6. The highest BCUT2D eigenvalue weighted by Crippen LogP contribution is 2.55. The van der Waals surface area contributed by atoms with Gasteiger partial charge in [0.2, 0.25) is 11.6 Å². The summed E-state index contributed by atoms with van der Waals surface area (Å²) in [7, 11) is 0. The van der Waals surface area contributed by atoms with Crippen LogP contribution in [0.5, 0.6) is 0 Å². The Labute approximate surface area is 118 Å². The van der Waals surface area contributed by atoms with Gasteiger partial charge in [0.15, 0.2) is 5.78 Å². The van der Waals surface area contributed by atoms with Crippen molar-refractivity contribution in [3.05, 3.63) is 11.1 Å². The predicted molar refractivity (Wildman–Crippen MR) is 70.8 cm³/mol. The molecule has 0 aromatic rings. The zero-order chi connectivity index (χ0) is 14.9. The topological polar surface area (TPSA) is 65.0 Å². The summed E-state index contributed by atoms with van der Waals surface area (Å²) in [5.74, 6) is -3.16. The minimum Gasteiger partial charge on any atom is -0.361 e. The molecule has 1 spiro atoms. The number of rotatable bonds is 0. The third-order valence-corrected chi connectivity index (χ3v) is 5.00. The molecular weight excluding hydrogens is 260 g/mol. The fraction of sp³-hybridized carbons (Fsp3) is 0.800. The highest BCUT2D eigenvalue weighted by atomic mass is 16.8. The first-order valence-corrected chi connectivity index (χ1v) is 7.22. The molecular formula is C15H22O5. The molecule has 1 N–H and O–H groups in total. The van der Waals surface area contributed by atoms with Gasteiger partial charge in [-0.05, 0) is 33.3 Å². The molecule has 20 heavy (non-hydrogen) atoms. The van der Waals surface area contributed by atoms with E-state index in [9.17, 15) is 9.90 Å². The van der Waals surface area contributed by atoms with E-state index in [1.165, 1.54) is 0 Å². The summed E-state index contributed by atoms with van der Waals surface area (Å²) in [5.41, 5.74) is 1.37. The van der Waals surface area contributed by atoms with Crippen LogP contribution in [0.1, 0.15) is 41.0 Å². The molecule has 1 aliphatic carbocycles. The molecule has 2 aliphatic heterocycles. The zero-order valence-electron chi connectivity index (χ0n) is 12.6. The standard InChI is InChI=1S/C15H22O5/c1-7-9(3)19-15-13(7)8(2)12(16)6-14(15,17)18-10(4)11(5)20-15/h7,9-11,17H,6H2,1-5H3/t7-,9-,10-,11-,14+,15+/m1/s1. The van der Waals surface area contributed by atoms with E-state index >= 15 is 0 Å². The maximum absolute atomic E-state index is 12.2. The van der Waals surface area contributed by atoms with E-state index in [0.717, 1.165) is 5.57 Å². The van der Waals surface area contributed by atoms with E-state index < -0.39 is 11.6 Å². The molecule has 5 nitrogen and oxygen atoms in total. The molecule has 6 atom stereocenters. The Balaban J connectivity index is 2.20. The number of ketones is 1. The van der Waals surface area contributed by atoms with Crippen LogP contribution >= 0.6 is 0 Å². The van der Waals surface area contributed by atoms with E-state index in [2.05, 4.69) is 0 Å². The van der Waals surface area contributed by atoms with Crippen LogP contribution in [0, 0.1) is 5.92 Å². The van der Waals surface area contributed by atoms with Gasteiger partial charge in [-0.3, -0.25) is 4.79 Å². The maximum Gasteiger partial charge on any atom is 0.249 e. The number of carbonyl (C=O) groups is 1. The Morgan fingerprint density at radius 1 is 1.05 bits per heavy atom. The van der Waals surface area contributed by atoms with Crippen LogP contribution in [0.25, 0.3) is 0 Å². The second-order valence-electron chi connectivity index (χ2n) is 6.30. The van der Waals surface area contributed by atoms with Gasteiger partial charge in [-0.25, -0.2) is 0 Å². The Hall–Kier alpha value is -0.750. The number of Topliss-reactive ketones (excluding diaryl/α,β-unsaturated/α-hetero) is 1. The molecule has 0 amide bonds. The number of allylic oxidation sites excluding steroid dienone is 1. The largest absolute Gasteiger partial charge is 0.361 e. The lowest BCUT2D eigenvalue weighted by Crippen LogP contribution is -2.68. The number of ether oxygens (including phenoxy) is 3. The number of carbonyl (C=O) groups excluding carboxylic acids is 1. The Bertz CT molecular complexity index is 498. The molecule has 112 valence electrons. The molecule has 2 heterocycles. The van der Waals surface area contributed by atoms with E-state index in [4.69, 9.17) is 14.2 Å².